The van der Waals surface area contributed by atoms with Crippen LogP contribution in [0, 0.1) is 6.92 Å². The second kappa shape index (κ2) is 5.78. The topological polar surface area (TPSA) is 102 Å². The van der Waals surface area contributed by atoms with Crippen LogP contribution in [-0.2, 0) is 11.3 Å². The minimum atomic E-state index is -1.08. The maximum absolute atomic E-state index is 12.1. The summed E-state index contributed by atoms with van der Waals surface area (Å²) in [6.45, 7) is 6.23. The molecule has 0 saturated carbocycles. The number of carboxylic acid groups (broad SMARTS) is 1. The number of aromatic nitrogens is 4. The van der Waals surface area contributed by atoms with Crippen molar-refractivity contribution >= 4 is 17.7 Å². The van der Waals surface area contributed by atoms with E-state index < -0.39 is 12.0 Å². The molecule has 2 rings (SSSR count). The summed E-state index contributed by atoms with van der Waals surface area (Å²) in [5.41, 5.74) is 0.994. The van der Waals surface area contributed by atoms with E-state index in [9.17, 15) is 9.59 Å². The van der Waals surface area contributed by atoms with Crippen molar-refractivity contribution in [3.8, 4) is 0 Å². The van der Waals surface area contributed by atoms with E-state index in [1.807, 2.05) is 13.8 Å². The summed E-state index contributed by atoms with van der Waals surface area (Å²) < 4.78 is 3.08. The quantitative estimate of drug-likeness (QED) is 0.864. The molecule has 112 valence electrons. The van der Waals surface area contributed by atoms with Crippen LogP contribution in [0.5, 0.6) is 0 Å². The highest BCUT2D eigenvalue weighted by atomic mass is 16.4. The third-order valence-corrected chi connectivity index (χ3v) is 3.16. The van der Waals surface area contributed by atoms with Gasteiger partial charge >= 0.3 is 5.97 Å². The third kappa shape index (κ3) is 3.10. The van der Waals surface area contributed by atoms with Crippen LogP contribution in [0.1, 0.15) is 35.9 Å². The van der Waals surface area contributed by atoms with Gasteiger partial charge in [0.1, 0.15) is 6.04 Å². The molecular formula is C13H17N5O3. The molecule has 21 heavy (non-hydrogen) atoms. The maximum Gasteiger partial charge on any atom is 0.338 e. The molecule has 0 fully saturated rings. The van der Waals surface area contributed by atoms with Gasteiger partial charge in [-0.1, -0.05) is 0 Å². The summed E-state index contributed by atoms with van der Waals surface area (Å²) in [6, 6.07) is 1.14. The summed E-state index contributed by atoms with van der Waals surface area (Å²) in [5, 5.41) is 19.7. The zero-order chi connectivity index (χ0) is 15.6. The van der Waals surface area contributed by atoms with Crippen molar-refractivity contribution in [2.45, 2.75) is 33.4 Å². The monoisotopic (exact) mass is 291 g/mol. The molecule has 0 aromatic carbocycles. The minimum absolute atomic E-state index is 0.0424. The smallest absolute Gasteiger partial charge is 0.338 e. The Morgan fingerprint density at radius 2 is 2.19 bits per heavy atom. The molecule has 0 aliphatic carbocycles. The fourth-order valence-corrected chi connectivity index (χ4v) is 1.90. The van der Waals surface area contributed by atoms with E-state index in [0.717, 1.165) is 12.2 Å². The van der Waals surface area contributed by atoms with E-state index in [1.165, 1.54) is 17.1 Å². The number of hydrogen-bond donors (Lipinski definition) is 2. The number of amides is 1. The standard InChI is InChI=1S/C13H17N5O3/c1-4-17-8(2)5-11(16-17)15-12(19)9(3)18-7-10(6-14-18)13(20)21/h5-7,9H,4H2,1-3H3,(H,20,21)(H,15,16,19). The van der Waals surface area contributed by atoms with E-state index in [4.69, 9.17) is 5.11 Å². The molecule has 1 atom stereocenters. The molecule has 0 aliphatic rings. The average molecular weight is 291 g/mol. The van der Waals surface area contributed by atoms with Crippen molar-refractivity contribution in [3.63, 3.8) is 0 Å². The molecule has 2 heterocycles. The van der Waals surface area contributed by atoms with Gasteiger partial charge in [-0.3, -0.25) is 14.2 Å². The van der Waals surface area contributed by atoms with E-state index in [1.54, 1.807) is 17.7 Å². The predicted molar refractivity (Wildman–Crippen MR) is 75.2 cm³/mol. The van der Waals surface area contributed by atoms with Gasteiger partial charge in [0.25, 0.3) is 0 Å². The lowest BCUT2D eigenvalue weighted by atomic mass is 10.3. The Morgan fingerprint density at radius 3 is 2.71 bits per heavy atom. The summed E-state index contributed by atoms with van der Waals surface area (Å²) in [6.07, 6.45) is 2.53. The van der Waals surface area contributed by atoms with Crippen LogP contribution in [0.4, 0.5) is 5.82 Å². The molecule has 8 nitrogen and oxygen atoms in total. The SMILES string of the molecule is CCn1nc(NC(=O)C(C)n2cc(C(=O)O)cn2)cc1C. The van der Waals surface area contributed by atoms with E-state index in [2.05, 4.69) is 15.5 Å². The lowest BCUT2D eigenvalue weighted by Crippen LogP contribution is -2.24. The molecule has 2 N–H and O–H groups in total. The van der Waals surface area contributed by atoms with Crippen LogP contribution >= 0.6 is 0 Å². The highest BCUT2D eigenvalue weighted by Gasteiger charge is 2.18. The number of rotatable bonds is 5. The first-order valence-electron chi connectivity index (χ1n) is 6.55. The fourth-order valence-electron chi connectivity index (χ4n) is 1.90. The number of anilines is 1. The Balaban J connectivity index is 2.09. The Kier molecular flexibility index (Phi) is 4.06. The molecule has 2 aromatic heterocycles. The Morgan fingerprint density at radius 1 is 1.48 bits per heavy atom. The van der Waals surface area contributed by atoms with E-state index in [0.29, 0.717) is 5.82 Å². The van der Waals surface area contributed by atoms with Gasteiger partial charge in [-0.25, -0.2) is 4.79 Å². The van der Waals surface area contributed by atoms with E-state index >= 15 is 0 Å². The lowest BCUT2D eigenvalue weighted by Gasteiger charge is -2.11. The van der Waals surface area contributed by atoms with Gasteiger partial charge in [-0.15, -0.1) is 0 Å². The second-order valence-electron chi connectivity index (χ2n) is 4.67. The van der Waals surface area contributed by atoms with Gasteiger partial charge < -0.3 is 10.4 Å². The fraction of sp³-hybridized carbons (Fsp3) is 0.385. The number of carboxylic acids is 1. The van der Waals surface area contributed by atoms with E-state index in [-0.39, 0.29) is 11.5 Å². The zero-order valence-electron chi connectivity index (χ0n) is 12.1. The first kappa shape index (κ1) is 14.8. The normalized spacial score (nSPS) is 12.1. The maximum atomic E-state index is 12.1. The van der Waals surface area contributed by atoms with Crippen molar-refractivity contribution in [3.05, 3.63) is 29.7 Å². The second-order valence-corrected chi connectivity index (χ2v) is 4.67. The Bertz CT molecular complexity index is 673. The summed E-state index contributed by atoms with van der Waals surface area (Å²) in [5.74, 6) is -0.918. The van der Waals surface area contributed by atoms with Crippen LogP contribution in [0.25, 0.3) is 0 Å². The predicted octanol–water partition coefficient (Wildman–Crippen LogP) is 1.31. The van der Waals surface area contributed by atoms with Gasteiger partial charge in [0.2, 0.25) is 5.91 Å². The van der Waals surface area contributed by atoms with Crippen molar-refractivity contribution in [2.75, 3.05) is 5.32 Å². The minimum Gasteiger partial charge on any atom is -0.478 e. The largest absolute Gasteiger partial charge is 0.478 e. The molecule has 0 spiro atoms. The van der Waals surface area contributed by atoms with Crippen molar-refractivity contribution < 1.29 is 14.7 Å². The highest BCUT2D eigenvalue weighted by molar-refractivity contribution is 5.93. The molecule has 8 heteroatoms. The number of hydrogen-bond acceptors (Lipinski definition) is 4. The van der Waals surface area contributed by atoms with Crippen LogP contribution < -0.4 is 5.32 Å². The number of carbonyl (C=O) groups excluding carboxylic acids is 1. The third-order valence-electron chi connectivity index (χ3n) is 3.16. The molecule has 0 radical (unpaired) electrons. The van der Waals surface area contributed by atoms with Gasteiger partial charge in [-0.05, 0) is 20.8 Å². The van der Waals surface area contributed by atoms with Crippen LogP contribution in [-0.4, -0.2) is 36.5 Å². The Hall–Kier alpha value is -2.64. The summed E-state index contributed by atoms with van der Waals surface area (Å²) in [7, 11) is 0. The molecular weight excluding hydrogens is 274 g/mol. The summed E-state index contributed by atoms with van der Waals surface area (Å²) >= 11 is 0. The van der Waals surface area contributed by atoms with Gasteiger partial charge in [-0.2, -0.15) is 10.2 Å². The molecule has 1 unspecified atom stereocenters. The average Bonchev–Trinajstić information content (AvgIpc) is 3.04. The highest BCUT2D eigenvalue weighted by Crippen LogP contribution is 2.13. The van der Waals surface area contributed by atoms with Gasteiger partial charge in [0.15, 0.2) is 5.82 Å². The van der Waals surface area contributed by atoms with Gasteiger partial charge in [0, 0.05) is 24.5 Å². The lowest BCUT2D eigenvalue weighted by molar-refractivity contribution is -0.119. The van der Waals surface area contributed by atoms with Crippen molar-refractivity contribution in [1.29, 1.82) is 0 Å². The molecule has 0 saturated heterocycles. The number of carbonyl (C=O) groups is 2. The first-order valence-corrected chi connectivity index (χ1v) is 6.55. The number of nitrogens with one attached hydrogen (secondary N) is 1. The Labute approximate surface area is 121 Å². The first-order chi connectivity index (χ1) is 9.92. The molecule has 1 amide bonds. The van der Waals surface area contributed by atoms with Crippen LogP contribution in [0.3, 0.4) is 0 Å². The number of aryl methyl sites for hydroxylation is 2. The molecule has 0 aliphatic heterocycles. The van der Waals surface area contributed by atoms with Crippen LogP contribution in [0.15, 0.2) is 18.5 Å². The van der Waals surface area contributed by atoms with Crippen molar-refractivity contribution in [1.82, 2.24) is 19.6 Å². The van der Waals surface area contributed by atoms with Gasteiger partial charge in [0.05, 0.1) is 11.8 Å². The van der Waals surface area contributed by atoms with Crippen LogP contribution in [0.2, 0.25) is 0 Å². The molecule has 0 bridgehead atoms. The summed E-state index contributed by atoms with van der Waals surface area (Å²) in [4.78, 5) is 22.9. The molecule has 2 aromatic rings. The number of nitrogens with zero attached hydrogens (tertiary/aromatic N) is 4. The number of aromatic carboxylic acids is 1. The van der Waals surface area contributed by atoms with Crippen molar-refractivity contribution in [2.24, 2.45) is 0 Å². The zero-order valence-corrected chi connectivity index (χ0v) is 12.1.